The number of amides is 1. The summed E-state index contributed by atoms with van der Waals surface area (Å²) in [7, 11) is 0. The van der Waals surface area contributed by atoms with Crippen LogP contribution in [0.2, 0.25) is 0 Å². The standard InChI is InChI=1S/C22H24FN3O/c1-16(2)26(22(27)19-10-6-7-11-20(19)23)15-21-24-12-13-25(21)14-18-9-5-4-8-17(18)3/h4-13,16H,14-15H2,1-3H3. The minimum Gasteiger partial charge on any atom is -0.329 e. The van der Waals surface area contributed by atoms with Crippen LogP contribution < -0.4 is 0 Å². The zero-order valence-electron chi connectivity index (χ0n) is 15.9. The van der Waals surface area contributed by atoms with E-state index >= 15 is 0 Å². The molecule has 0 spiro atoms. The molecule has 0 N–H and O–H groups in total. The summed E-state index contributed by atoms with van der Waals surface area (Å²) in [5.41, 5.74) is 2.50. The summed E-state index contributed by atoms with van der Waals surface area (Å²) >= 11 is 0. The highest BCUT2D eigenvalue weighted by Crippen LogP contribution is 2.17. The van der Waals surface area contributed by atoms with Crippen molar-refractivity contribution in [2.45, 2.75) is 39.9 Å². The van der Waals surface area contributed by atoms with Crippen LogP contribution in [0.4, 0.5) is 4.39 Å². The summed E-state index contributed by atoms with van der Waals surface area (Å²) in [6, 6.07) is 14.2. The number of benzene rings is 2. The third-order valence-corrected chi connectivity index (χ3v) is 4.70. The first-order valence-corrected chi connectivity index (χ1v) is 9.07. The van der Waals surface area contributed by atoms with Gasteiger partial charge in [-0.05, 0) is 44.0 Å². The molecule has 4 nitrogen and oxygen atoms in total. The fraction of sp³-hybridized carbons (Fsp3) is 0.273. The topological polar surface area (TPSA) is 38.1 Å². The molecule has 1 amide bonds. The summed E-state index contributed by atoms with van der Waals surface area (Å²) in [5.74, 6) is -0.0541. The van der Waals surface area contributed by atoms with Crippen molar-refractivity contribution in [2.24, 2.45) is 0 Å². The van der Waals surface area contributed by atoms with E-state index in [2.05, 4.69) is 24.0 Å². The molecule has 0 fully saturated rings. The summed E-state index contributed by atoms with van der Waals surface area (Å²) < 4.78 is 16.1. The molecule has 0 aliphatic heterocycles. The Hall–Kier alpha value is -2.95. The van der Waals surface area contributed by atoms with E-state index in [4.69, 9.17) is 0 Å². The van der Waals surface area contributed by atoms with Gasteiger partial charge in [0.15, 0.2) is 0 Å². The Balaban J connectivity index is 1.84. The summed E-state index contributed by atoms with van der Waals surface area (Å²) in [4.78, 5) is 19.0. The van der Waals surface area contributed by atoms with E-state index in [1.54, 1.807) is 23.2 Å². The molecule has 0 aliphatic carbocycles. The van der Waals surface area contributed by atoms with E-state index in [9.17, 15) is 9.18 Å². The van der Waals surface area contributed by atoms with Gasteiger partial charge in [0.2, 0.25) is 0 Å². The Labute approximate surface area is 159 Å². The number of rotatable bonds is 6. The molecule has 3 rings (SSSR count). The number of halogens is 1. The molecule has 27 heavy (non-hydrogen) atoms. The maximum Gasteiger partial charge on any atom is 0.257 e. The van der Waals surface area contributed by atoms with E-state index in [-0.39, 0.29) is 17.5 Å². The quantitative estimate of drug-likeness (QED) is 0.648. The van der Waals surface area contributed by atoms with Gasteiger partial charge in [0.05, 0.1) is 12.1 Å². The Morgan fingerprint density at radius 2 is 1.85 bits per heavy atom. The molecular formula is C22H24FN3O. The van der Waals surface area contributed by atoms with Crippen molar-refractivity contribution in [2.75, 3.05) is 0 Å². The normalized spacial score (nSPS) is 11.0. The monoisotopic (exact) mass is 365 g/mol. The number of carbonyl (C=O) groups excluding carboxylic acids is 1. The van der Waals surface area contributed by atoms with Crippen LogP contribution in [0.15, 0.2) is 60.9 Å². The molecule has 1 heterocycles. The summed E-state index contributed by atoms with van der Waals surface area (Å²) in [6.45, 7) is 6.93. The fourth-order valence-corrected chi connectivity index (χ4v) is 3.04. The highest BCUT2D eigenvalue weighted by molar-refractivity contribution is 5.94. The summed E-state index contributed by atoms with van der Waals surface area (Å²) in [5, 5.41) is 0. The van der Waals surface area contributed by atoms with E-state index in [1.165, 1.54) is 23.3 Å². The number of aryl methyl sites for hydroxylation is 1. The van der Waals surface area contributed by atoms with Gasteiger partial charge in [0.1, 0.15) is 11.6 Å². The first-order chi connectivity index (χ1) is 13.0. The Morgan fingerprint density at radius 3 is 2.56 bits per heavy atom. The Morgan fingerprint density at radius 1 is 1.15 bits per heavy atom. The van der Waals surface area contributed by atoms with Crippen LogP contribution in [0.5, 0.6) is 0 Å². The predicted octanol–water partition coefficient (Wildman–Crippen LogP) is 4.43. The zero-order chi connectivity index (χ0) is 19.4. The average molecular weight is 365 g/mol. The number of hydrogen-bond donors (Lipinski definition) is 0. The second kappa shape index (κ2) is 8.16. The summed E-state index contributed by atoms with van der Waals surface area (Å²) in [6.07, 6.45) is 3.65. The predicted molar refractivity (Wildman–Crippen MR) is 104 cm³/mol. The minimum atomic E-state index is -0.503. The smallest absolute Gasteiger partial charge is 0.257 e. The minimum absolute atomic E-state index is 0.0827. The van der Waals surface area contributed by atoms with Crippen molar-refractivity contribution in [1.29, 1.82) is 0 Å². The molecule has 3 aromatic rings. The highest BCUT2D eigenvalue weighted by atomic mass is 19.1. The van der Waals surface area contributed by atoms with Gasteiger partial charge in [0, 0.05) is 25.0 Å². The van der Waals surface area contributed by atoms with Gasteiger partial charge in [-0.1, -0.05) is 36.4 Å². The van der Waals surface area contributed by atoms with Crippen LogP contribution in [0.3, 0.4) is 0 Å². The van der Waals surface area contributed by atoms with Crippen molar-refractivity contribution in [3.63, 3.8) is 0 Å². The number of imidazole rings is 1. The van der Waals surface area contributed by atoms with Gasteiger partial charge < -0.3 is 9.47 Å². The lowest BCUT2D eigenvalue weighted by Crippen LogP contribution is -2.37. The number of aromatic nitrogens is 2. The van der Waals surface area contributed by atoms with Gasteiger partial charge in [-0.15, -0.1) is 0 Å². The third kappa shape index (κ3) is 4.25. The van der Waals surface area contributed by atoms with Gasteiger partial charge in [-0.25, -0.2) is 9.37 Å². The van der Waals surface area contributed by atoms with Crippen LogP contribution in [0.25, 0.3) is 0 Å². The molecule has 1 aromatic heterocycles. The van der Waals surface area contributed by atoms with Gasteiger partial charge in [-0.2, -0.15) is 0 Å². The molecule has 0 atom stereocenters. The Kier molecular flexibility index (Phi) is 5.69. The van der Waals surface area contributed by atoms with E-state index in [0.717, 1.165) is 5.82 Å². The molecule has 140 valence electrons. The maximum absolute atomic E-state index is 14.1. The molecule has 0 bridgehead atoms. The van der Waals surface area contributed by atoms with Crippen molar-refractivity contribution < 1.29 is 9.18 Å². The molecule has 2 aromatic carbocycles. The van der Waals surface area contributed by atoms with Crippen molar-refractivity contribution >= 4 is 5.91 Å². The highest BCUT2D eigenvalue weighted by Gasteiger charge is 2.23. The average Bonchev–Trinajstić information content (AvgIpc) is 3.08. The van der Waals surface area contributed by atoms with Crippen molar-refractivity contribution in [3.05, 3.63) is 89.3 Å². The van der Waals surface area contributed by atoms with Crippen molar-refractivity contribution in [3.8, 4) is 0 Å². The molecular weight excluding hydrogens is 341 g/mol. The van der Waals surface area contributed by atoms with Crippen LogP contribution in [0, 0.1) is 12.7 Å². The van der Waals surface area contributed by atoms with Gasteiger partial charge in [-0.3, -0.25) is 4.79 Å². The van der Waals surface area contributed by atoms with E-state index in [0.29, 0.717) is 13.1 Å². The van der Waals surface area contributed by atoms with E-state index < -0.39 is 5.82 Å². The Bertz CT molecular complexity index is 933. The first-order valence-electron chi connectivity index (χ1n) is 9.07. The van der Waals surface area contributed by atoms with E-state index in [1.807, 2.05) is 36.7 Å². The lowest BCUT2D eigenvalue weighted by Gasteiger charge is -2.27. The van der Waals surface area contributed by atoms with Crippen LogP contribution in [0.1, 0.15) is 41.2 Å². The first kappa shape index (κ1) is 18.8. The largest absolute Gasteiger partial charge is 0.329 e. The third-order valence-electron chi connectivity index (χ3n) is 4.70. The molecule has 5 heteroatoms. The SMILES string of the molecule is Cc1ccccc1Cn1ccnc1CN(C(=O)c1ccccc1F)C(C)C. The molecule has 0 aliphatic rings. The second-order valence-corrected chi connectivity index (χ2v) is 6.90. The fourth-order valence-electron chi connectivity index (χ4n) is 3.04. The molecule has 0 unspecified atom stereocenters. The van der Waals surface area contributed by atoms with Crippen LogP contribution in [-0.4, -0.2) is 26.4 Å². The second-order valence-electron chi connectivity index (χ2n) is 6.90. The number of carbonyl (C=O) groups is 1. The lowest BCUT2D eigenvalue weighted by molar-refractivity contribution is 0.0678. The van der Waals surface area contributed by atoms with Crippen LogP contribution >= 0.6 is 0 Å². The number of nitrogens with zero attached hydrogens (tertiary/aromatic N) is 3. The molecule has 0 radical (unpaired) electrons. The van der Waals surface area contributed by atoms with Gasteiger partial charge >= 0.3 is 0 Å². The molecule has 0 saturated carbocycles. The van der Waals surface area contributed by atoms with Gasteiger partial charge in [0.25, 0.3) is 5.91 Å². The number of hydrogen-bond acceptors (Lipinski definition) is 2. The lowest BCUT2D eigenvalue weighted by atomic mass is 10.1. The zero-order valence-corrected chi connectivity index (χ0v) is 15.9. The van der Waals surface area contributed by atoms with Crippen molar-refractivity contribution in [1.82, 2.24) is 14.5 Å². The molecule has 0 saturated heterocycles. The maximum atomic E-state index is 14.1. The van der Waals surface area contributed by atoms with Crippen LogP contribution in [-0.2, 0) is 13.1 Å².